The van der Waals surface area contributed by atoms with Gasteiger partial charge >= 0.3 is 0 Å². The van der Waals surface area contributed by atoms with Gasteiger partial charge in [0.15, 0.2) is 0 Å². The van der Waals surface area contributed by atoms with Gasteiger partial charge in [0, 0.05) is 12.1 Å². The molecule has 3 heteroatoms. The lowest BCUT2D eigenvalue weighted by Crippen LogP contribution is -2.38. The van der Waals surface area contributed by atoms with Crippen LogP contribution >= 0.6 is 0 Å². The summed E-state index contributed by atoms with van der Waals surface area (Å²) in [6, 6.07) is 17.7. The van der Waals surface area contributed by atoms with E-state index in [4.69, 9.17) is 4.74 Å². The highest BCUT2D eigenvalue weighted by Crippen LogP contribution is 2.19. The van der Waals surface area contributed by atoms with E-state index in [0.717, 1.165) is 16.9 Å². The summed E-state index contributed by atoms with van der Waals surface area (Å²) in [5.74, 6) is 0.809. The van der Waals surface area contributed by atoms with E-state index >= 15 is 0 Å². The van der Waals surface area contributed by atoms with Crippen molar-refractivity contribution in [2.24, 2.45) is 0 Å². The van der Waals surface area contributed by atoms with E-state index in [1.54, 1.807) is 0 Å². The van der Waals surface area contributed by atoms with E-state index < -0.39 is 6.10 Å². The molecule has 22 heavy (non-hydrogen) atoms. The van der Waals surface area contributed by atoms with Crippen LogP contribution in [0.1, 0.15) is 38.0 Å². The molecule has 0 bridgehead atoms. The van der Waals surface area contributed by atoms with Gasteiger partial charge in [-0.05, 0) is 44.0 Å². The van der Waals surface area contributed by atoms with Gasteiger partial charge in [0.1, 0.15) is 12.4 Å². The molecule has 2 rings (SSSR count). The topological polar surface area (TPSA) is 41.5 Å². The highest BCUT2D eigenvalue weighted by Gasteiger charge is 2.13. The zero-order chi connectivity index (χ0) is 16.0. The maximum absolute atomic E-state index is 10.2. The molecule has 0 radical (unpaired) electrons. The van der Waals surface area contributed by atoms with Crippen LogP contribution in [0.5, 0.6) is 5.75 Å². The Kier molecular flexibility index (Phi) is 5.58. The van der Waals surface area contributed by atoms with E-state index in [-0.39, 0.29) is 5.54 Å². The summed E-state index contributed by atoms with van der Waals surface area (Å²) in [7, 11) is 0. The minimum Gasteiger partial charge on any atom is -0.489 e. The summed E-state index contributed by atoms with van der Waals surface area (Å²) >= 11 is 0. The van der Waals surface area contributed by atoms with Gasteiger partial charge in [-0.3, -0.25) is 0 Å². The minimum absolute atomic E-state index is 0.000282. The average Bonchev–Trinajstić information content (AvgIpc) is 2.51. The van der Waals surface area contributed by atoms with Gasteiger partial charge in [-0.25, -0.2) is 0 Å². The van der Waals surface area contributed by atoms with Crippen LogP contribution in [0.25, 0.3) is 0 Å². The third kappa shape index (κ3) is 5.51. The number of benzene rings is 2. The molecule has 118 valence electrons. The van der Waals surface area contributed by atoms with Crippen molar-refractivity contribution in [3.63, 3.8) is 0 Å². The molecule has 1 unspecified atom stereocenters. The Labute approximate surface area is 133 Å². The first kappa shape index (κ1) is 16.5. The molecule has 0 heterocycles. The number of nitrogens with one attached hydrogen (secondary N) is 1. The third-order valence-corrected chi connectivity index (χ3v) is 3.34. The maximum Gasteiger partial charge on any atom is 0.119 e. The lowest BCUT2D eigenvalue weighted by atomic mass is 10.1. The molecule has 0 aromatic heterocycles. The van der Waals surface area contributed by atoms with E-state index in [2.05, 4.69) is 26.1 Å². The SMILES string of the molecule is CC(C)(C)NCC(O)c1ccc(OCc2ccccc2)cc1. The van der Waals surface area contributed by atoms with Gasteiger partial charge in [0.05, 0.1) is 6.10 Å². The summed E-state index contributed by atoms with van der Waals surface area (Å²) in [6.07, 6.45) is -0.512. The second-order valence-electron chi connectivity index (χ2n) is 6.49. The fraction of sp³-hybridized carbons (Fsp3) is 0.368. The van der Waals surface area contributed by atoms with Crippen molar-refractivity contribution in [1.82, 2.24) is 5.32 Å². The van der Waals surface area contributed by atoms with Gasteiger partial charge in [-0.2, -0.15) is 0 Å². The summed E-state index contributed by atoms with van der Waals surface area (Å²) in [6.45, 7) is 7.34. The molecule has 0 saturated carbocycles. The van der Waals surface area contributed by atoms with Crippen molar-refractivity contribution >= 4 is 0 Å². The Balaban J connectivity index is 1.87. The van der Waals surface area contributed by atoms with Crippen LogP contribution in [0.4, 0.5) is 0 Å². The smallest absolute Gasteiger partial charge is 0.119 e. The predicted octanol–water partition coefficient (Wildman–Crippen LogP) is 3.69. The standard InChI is InChI=1S/C19H25NO2/c1-19(2,3)20-13-18(21)16-9-11-17(12-10-16)22-14-15-7-5-4-6-8-15/h4-12,18,20-21H,13-14H2,1-3H3. The van der Waals surface area contributed by atoms with Crippen molar-refractivity contribution in [3.8, 4) is 5.75 Å². The molecular formula is C19H25NO2. The van der Waals surface area contributed by atoms with Crippen LogP contribution in [0.15, 0.2) is 54.6 Å². The Hall–Kier alpha value is -1.84. The van der Waals surface area contributed by atoms with E-state index in [1.165, 1.54) is 0 Å². The zero-order valence-electron chi connectivity index (χ0n) is 13.5. The second kappa shape index (κ2) is 7.43. The summed E-state index contributed by atoms with van der Waals surface area (Å²) in [5.41, 5.74) is 2.03. The van der Waals surface area contributed by atoms with Crippen LogP contribution in [0, 0.1) is 0 Å². The van der Waals surface area contributed by atoms with E-state index in [0.29, 0.717) is 13.2 Å². The Bertz CT molecular complexity index is 558. The third-order valence-electron chi connectivity index (χ3n) is 3.34. The minimum atomic E-state index is -0.512. The Morgan fingerprint density at radius 1 is 1.00 bits per heavy atom. The van der Waals surface area contributed by atoms with Gasteiger partial charge < -0.3 is 15.2 Å². The largest absolute Gasteiger partial charge is 0.489 e. The van der Waals surface area contributed by atoms with Gasteiger partial charge in [-0.1, -0.05) is 42.5 Å². The molecule has 0 aliphatic carbocycles. The number of rotatable bonds is 6. The van der Waals surface area contributed by atoms with Gasteiger partial charge in [0.2, 0.25) is 0 Å². The molecule has 0 saturated heterocycles. The molecule has 2 aromatic carbocycles. The monoisotopic (exact) mass is 299 g/mol. The van der Waals surface area contributed by atoms with Crippen LogP contribution in [-0.2, 0) is 6.61 Å². The first-order valence-corrected chi connectivity index (χ1v) is 7.64. The molecule has 0 aliphatic heterocycles. The maximum atomic E-state index is 10.2. The summed E-state index contributed by atoms with van der Waals surface area (Å²) in [4.78, 5) is 0. The number of aliphatic hydroxyl groups is 1. The number of hydrogen-bond donors (Lipinski definition) is 2. The quantitative estimate of drug-likeness (QED) is 0.855. The molecule has 0 fully saturated rings. The predicted molar refractivity (Wildman–Crippen MR) is 89.9 cm³/mol. The highest BCUT2D eigenvalue weighted by molar-refractivity contribution is 5.29. The zero-order valence-corrected chi connectivity index (χ0v) is 13.5. The Morgan fingerprint density at radius 3 is 2.23 bits per heavy atom. The Morgan fingerprint density at radius 2 is 1.64 bits per heavy atom. The number of ether oxygens (including phenoxy) is 1. The van der Waals surface area contributed by atoms with Gasteiger partial charge in [0.25, 0.3) is 0 Å². The van der Waals surface area contributed by atoms with E-state index in [9.17, 15) is 5.11 Å². The number of hydrogen-bond acceptors (Lipinski definition) is 3. The van der Waals surface area contributed by atoms with Crippen molar-refractivity contribution in [1.29, 1.82) is 0 Å². The molecule has 3 nitrogen and oxygen atoms in total. The first-order valence-electron chi connectivity index (χ1n) is 7.64. The second-order valence-corrected chi connectivity index (χ2v) is 6.49. The van der Waals surface area contributed by atoms with E-state index in [1.807, 2.05) is 54.6 Å². The van der Waals surface area contributed by atoms with Crippen LogP contribution in [0.2, 0.25) is 0 Å². The van der Waals surface area contributed by atoms with Crippen molar-refractivity contribution < 1.29 is 9.84 Å². The van der Waals surface area contributed by atoms with Gasteiger partial charge in [-0.15, -0.1) is 0 Å². The first-order chi connectivity index (χ1) is 10.4. The number of β-amino-alcohol motifs (C(OH)–C–C–N with tert-alkyl or cyclic N) is 1. The molecule has 2 N–H and O–H groups in total. The molecule has 0 aliphatic rings. The fourth-order valence-electron chi connectivity index (χ4n) is 2.05. The molecule has 0 spiro atoms. The summed E-state index contributed by atoms with van der Waals surface area (Å²) < 4.78 is 5.74. The molecule has 0 amide bonds. The van der Waals surface area contributed by atoms with Crippen molar-refractivity contribution in [3.05, 3.63) is 65.7 Å². The average molecular weight is 299 g/mol. The van der Waals surface area contributed by atoms with Crippen molar-refractivity contribution in [2.75, 3.05) is 6.54 Å². The lowest BCUT2D eigenvalue weighted by molar-refractivity contribution is 0.163. The lowest BCUT2D eigenvalue weighted by Gasteiger charge is -2.23. The fourth-order valence-corrected chi connectivity index (χ4v) is 2.05. The normalized spacial score (nSPS) is 12.9. The highest BCUT2D eigenvalue weighted by atomic mass is 16.5. The van der Waals surface area contributed by atoms with Crippen LogP contribution in [-0.4, -0.2) is 17.2 Å². The van der Waals surface area contributed by atoms with Crippen LogP contribution in [0.3, 0.4) is 0 Å². The van der Waals surface area contributed by atoms with Crippen LogP contribution < -0.4 is 10.1 Å². The molecule has 1 atom stereocenters. The summed E-state index contributed by atoms with van der Waals surface area (Å²) in [5, 5.41) is 13.5. The van der Waals surface area contributed by atoms with Crippen molar-refractivity contribution in [2.45, 2.75) is 39.0 Å². The number of aliphatic hydroxyl groups excluding tert-OH is 1. The molecular weight excluding hydrogens is 274 g/mol. The molecule has 2 aromatic rings.